The SMILES string of the molecule is CNC1(C)CCN(Cc2csc([N+](=O)[O-])c2)CC1. The fourth-order valence-electron chi connectivity index (χ4n) is 2.25. The molecule has 1 N–H and O–H groups in total. The fraction of sp³-hybridized carbons (Fsp3) is 0.667. The summed E-state index contributed by atoms with van der Waals surface area (Å²) in [6, 6.07) is 1.69. The van der Waals surface area contributed by atoms with Crippen LogP contribution in [0.3, 0.4) is 0 Å². The lowest BCUT2D eigenvalue weighted by Crippen LogP contribution is -2.49. The Morgan fingerprint density at radius 2 is 2.22 bits per heavy atom. The van der Waals surface area contributed by atoms with E-state index in [0.29, 0.717) is 0 Å². The van der Waals surface area contributed by atoms with Crippen LogP contribution in [0.4, 0.5) is 5.00 Å². The maximum atomic E-state index is 10.6. The molecule has 1 aromatic heterocycles. The van der Waals surface area contributed by atoms with Crippen molar-refractivity contribution in [3.8, 4) is 0 Å². The molecule has 0 radical (unpaired) electrons. The van der Waals surface area contributed by atoms with Gasteiger partial charge in [0.05, 0.1) is 4.92 Å². The van der Waals surface area contributed by atoms with Crippen molar-refractivity contribution < 1.29 is 4.92 Å². The molecule has 2 heterocycles. The first-order valence-electron chi connectivity index (χ1n) is 6.15. The molecular weight excluding hydrogens is 250 g/mol. The summed E-state index contributed by atoms with van der Waals surface area (Å²) in [5.74, 6) is 0. The van der Waals surface area contributed by atoms with E-state index in [1.54, 1.807) is 6.07 Å². The van der Waals surface area contributed by atoms with Crippen LogP contribution in [0.2, 0.25) is 0 Å². The highest BCUT2D eigenvalue weighted by molar-refractivity contribution is 7.13. The van der Waals surface area contributed by atoms with Crippen LogP contribution in [0.15, 0.2) is 11.4 Å². The number of likely N-dealkylation sites (tertiary alicyclic amines) is 1. The van der Waals surface area contributed by atoms with Crippen LogP contribution < -0.4 is 5.32 Å². The van der Waals surface area contributed by atoms with Crippen LogP contribution in [0.25, 0.3) is 0 Å². The highest BCUT2D eigenvalue weighted by Gasteiger charge is 2.28. The van der Waals surface area contributed by atoms with Gasteiger partial charge in [-0.2, -0.15) is 0 Å². The van der Waals surface area contributed by atoms with Crippen molar-refractivity contribution in [2.75, 3.05) is 20.1 Å². The van der Waals surface area contributed by atoms with Gasteiger partial charge in [-0.15, -0.1) is 0 Å². The Morgan fingerprint density at radius 3 is 2.72 bits per heavy atom. The maximum Gasteiger partial charge on any atom is 0.324 e. The Hall–Kier alpha value is -0.980. The Bertz CT molecular complexity index is 425. The molecule has 0 bridgehead atoms. The number of nitrogens with zero attached hydrogens (tertiary/aromatic N) is 2. The number of thiophene rings is 1. The summed E-state index contributed by atoms with van der Waals surface area (Å²) in [7, 11) is 2.01. The van der Waals surface area contributed by atoms with E-state index in [2.05, 4.69) is 17.1 Å². The summed E-state index contributed by atoms with van der Waals surface area (Å²) >= 11 is 1.21. The van der Waals surface area contributed by atoms with E-state index < -0.39 is 0 Å². The van der Waals surface area contributed by atoms with E-state index in [-0.39, 0.29) is 15.5 Å². The van der Waals surface area contributed by atoms with Gasteiger partial charge in [0.2, 0.25) is 0 Å². The first-order valence-corrected chi connectivity index (χ1v) is 7.03. The zero-order chi connectivity index (χ0) is 13.2. The average molecular weight is 269 g/mol. The molecule has 5 nitrogen and oxygen atoms in total. The predicted octanol–water partition coefficient (Wildman–Crippen LogP) is 2.23. The van der Waals surface area contributed by atoms with Gasteiger partial charge in [0, 0.05) is 36.6 Å². The first-order chi connectivity index (χ1) is 8.52. The predicted molar refractivity (Wildman–Crippen MR) is 72.9 cm³/mol. The van der Waals surface area contributed by atoms with Crippen LogP contribution >= 0.6 is 11.3 Å². The van der Waals surface area contributed by atoms with E-state index >= 15 is 0 Å². The van der Waals surface area contributed by atoms with Crippen LogP contribution in [-0.4, -0.2) is 35.5 Å². The molecule has 18 heavy (non-hydrogen) atoms. The molecular formula is C12H19N3O2S. The molecule has 0 aromatic carbocycles. The van der Waals surface area contributed by atoms with Gasteiger partial charge in [-0.05, 0) is 32.4 Å². The molecule has 100 valence electrons. The number of nitrogens with one attached hydrogen (secondary N) is 1. The van der Waals surface area contributed by atoms with Crippen LogP contribution in [0, 0.1) is 10.1 Å². The van der Waals surface area contributed by atoms with Crippen molar-refractivity contribution in [2.24, 2.45) is 0 Å². The second-order valence-corrected chi connectivity index (χ2v) is 6.03. The molecule has 0 atom stereocenters. The van der Waals surface area contributed by atoms with Crippen molar-refractivity contribution in [1.29, 1.82) is 0 Å². The largest absolute Gasteiger partial charge is 0.324 e. The van der Waals surface area contributed by atoms with Crippen molar-refractivity contribution in [3.05, 3.63) is 27.1 Å². The maximum absolute atomic E-state index is 10.6. The Labute approximate surface area is 111 Å². The lowest BCUT2D eigenvalue weighted by Gasteiger charge is -2.39. The summed E-state index contributed by atoms with van der Waals surface area (Å²) in [5.41, 5.74) is 1.30. The summed E-state index contributed by atoms with van der Waals surface area (Å²) in [6.45, 7) is 5.16. The van der Waals surface area contributed by atoms with Crippen molar-refractivity contribution in [2.45, 2.75) is 31.8 Å². The summed E-state index contributed by atoms with van der Waals surface area (Å²) in [5, 5.41) is 16.1. The Kier molecular flexibility index (Phi) is 3.99. The van der Waals surface area contributed by atoms with Gasteiger partial charge in [-0.25, -0.2) is 0 Å². The van der Waals surface area contributed by atoms with Crippen LogP contribution in [0.5, 0.6) is 0 Å². The van der Waals surface area contributed by atoms with Crippen molar-refractivity contribution in [3.63, 3.8) is 0 Å². The molecule has 2 rings (SSSR count). The minimum absolute atomic E-state index is 0.238. The summed E-state index contributed by atoms with van der Waals surface area (Å²) in [4.78, 5) is 12.7. The molecule has 1 aliphatic rings. The minimum Gasteiger partial charge on any atom is -0.314 e. The molecule has 0 unspecified atom stereocenters. The third-order valence-corrected chi connectivity index (χ3v) is 4.72. The lowest BCUT2D eigenvalue weighted by molar-refractivity contribution is -0.380. The van der Waals surface area contributed by atoms with Gasteiger partial charge in [-0.1, -0.05) is 11.3 Å². The van der Waals surface area contributed by atoms with E-state index in [1.807, 2.05) is 12.4 Å². The monoisotopic (exact) mass is 269 g/mol. The molecule has 1 saturated heterocycles. The third-order valence-electron chi connectivity index (χ3n) is 3.79. The Morgan fingerprint density at radius 1 is 1.56 bits per heavy atom. The quantitative estimate of drug-likeness (QED) is 0.672. The second-order valence-electron chi connectivity index (χ2n) is 5.14. The molecule has 0 amide bonds. The number of hydrogen-bond acceptors (Lipinski definition) is 5. The zero-order valence-corrected chi connectivity index (χ0v) is 11.6. The van der Waals surface area contributed by atoms with E-state index in [1.165, 1.54) is 11.3 Å². The molecule has 6 heteroatoms. The van der Waals surface area contributed by atoms with E-state index in [0.717, 1.165) is 38.0 Å². The topological polar surface area (TPSA) is 58.4 Å². The van der Waals surface area contributed by atoms with E-state index in [9.17, 15) is 10.1 Å². The van der Waals surface area contributed by atoms with Gasteiger partial charge in [0.15, 0.2) is 0 Å². The van der Waals surface area contributed by atoms with Crippen molar-refractivity contribution >= 4 is 16.3 Å². The fourth-order valence-corrected chi connectivity index (χ4v) is 2.97. The molecule has 1 aliphatic heterocycles. The number of rotatable bonds is 4. The number of nitro groups is 1. The van der Waals surface area contributed by atoms with Gasteiger partial charge < -0.3 is 5.32 Å². The molecule has 0 spiro atoms. The Balaban J connectivity index is 1.89. The van der Waals surface area contributed by atoms with Crippen LogP contribution in [-0.2, 0) is 6.54 Å². The first kappa shape index (κ1) is 13.5. The molecule has 1 fully saturated rings. The smallest absolute Gasteiger partial charge is 0.314 e. The van der Waals surface area contributed by atoms with Gasteiger partial charge in [-0.3, -0.25) is 15.0 Å². The van der Waals surface area contributed by atoms with E-state index in [4.69, 9.17) is 0 Å². The van der Waals surface area contributed by atoms with Crippen LogP contribution in [0.1, 0.15) is 25.3 Å². The van der Waals surface area contributed by atoms with Crippen molar-refractivity contribution in [1.82, 2.24) is 10.2 Å². The highest BCUT2D eigenvalue weighted by Crippen LogP contribution is 2.26. The minimum atomic E-state index is -0.317. The standard InChI is InChI=1S/C12H19N3O2S/c1-12(13-2)3-5-14(6-4-12)8-10-7-11(15(16)17)18-9-10/h7,9,13H,3-6,8H2,1-2H3. The lowest BCUT2D eigenvalue weighted by atomic mass is 9.90. The van der Waals surface area contributed by atoms with Gasteiger partial charge >= 0.3 is 5.00 Å². The second kappa shape index (κ2) is 5.34. The molecule has 1 aromatic rings. The third kappa shape index (κ3) is 3.07. The summed E-state index contributed by atoms with van der Waals surface area (Å²) < 4.78 is 0. The zero-order valence-electron chi connectivity index (χ0n) is 10.8. The van der Waals surface area contributed by atoms with Gasteiger partial charge in [0.25, 0.3) is 0 Å². The number of piperidine rings is 1. The number of hydrogen-bond donors (Lipinski definition) is 1. The normalized spacial score (nSPS) is 19.9. The average Bonchev–Trinajstić information content (AvgIpc) is 2.81. The summed E-state index contributed by atoms with van der Waals surface area (Å²) in [6.07, 6.45) is 2.24. The van der Waals surface area contributed by atoms with Gasteiger partial charge in [0.1, 0.15) is 0 Å². The molecule has 0 aliphatic carbocycles. The highest BCUT2D eigenvalue weighted by atomic mass is 32.1. The molecule has 0 saturated carbocycles.